The summed E-state index contributed by atoms with van der Waals surface area (Å²) in [4.78, 5) is 15.2. The number of H-pyrrole nitrogens is 1. The van der Waals surface area contributed by atoms with E-state index >= 15 is 0 Å². The second-order valence-corrected chi connectivity index (χ2v) is 10.4. The van der Waals surface area contributed by atoms with Gasteiger partial charge in [-0.15, -0.1) is 0 Å². The Kier molecular flexibility index (Phi) is 7.40. The summed E-state index contributed by atoms with van der Waals surface area (Å²) in [5, 5.41) is 15.2. The maximum absolute atomic E-state index is 12.7. The molecule has 0 unspecified atom stereocenters. The van der Waals surface area contributed by atoms with Crippen molar-refractivity contribution in [2.75, 3.05) is 18.4 Å². The molecule has 6 nitrogen and oxygen atoms in total. The summed E-state index contributed by atoms with van der Waals surface area (Å²) < 4.78 is 0. The van der Waals surface area contributed by atoms with Gasteiger partial charge in [0.1, 0.15) is 0 Å². The Morgan fingerprint density at radius 1 is 1.14 bits per heavy atom. The normalized spacial score (nSPS) is 20.3. The summed E-state index contributed by atoms with van der Waals surface area (Å²) in [7, 11) is 0. The van der Waals surface area contributed by atoms with E-state index in [4.69, 9.17) is 11.6 Å². The second kappa shape index (κ2) is 10.8. The molecule has 0 radical (unpaired) electrons. The molecular formula is C28H34ClN5O. The van der Waals surface area contributed by atoms with Crippen molar-refractivity contribution in [2.45, 2.75) is 58.2 Å². The lowest BCUT2D eigenvalue weighted by Gasteiger charge is -2.30. The highest BCUT2D eigenvalue weighted by molar-refractivity contribution is 6.33. The monoisotopic (exact) mass is 491 g/mol. The van der Waals surface area contributed by atoms with E-state index in [0.29, 0.717) is 16.5 Å². The number of carbonyl (C=O) groups is 1. The van der Waals surface area contributed by atoms with Crippen LogP contribution in [0.4, 0.5) is 5.82 Å². The first-order valence-electron chi connectivity index (χ1n) is 12.7. The highest BCUT2D eigenvalue weighted by Gasteiger charge is 2.26. The molecule has 3 aromatic rings. The average molecular weight is 492 g/mol. The summed E-state index contributed by atoms with van der Waals surface area (Å²) in [5.41, 5.74) is 5.53. The smallest absolute Gasteiger partial charge is 0.253 e. The first-order valence-corrected chi connectivity index (χ1v) is 13.1. The molecule has 2 aromatic carbocycles. The van der Waals surface area contributed by atoms with Crippen LogP contribution in [0.1, 0.15) is 58.4 Å². The molecule has 1 aromatic heterocycles. The number of aryl methyl sites for hydroxylation is 1. The molecule has 3 N–H and O–H groups in total. The fourth-order valence-electron chi connectivity index (χ4n) is 5.30. The maximum atomic E-state index is 12.7. The van der Waals surface area contributed by atoms with Crippen LogP contribution in [0, 0.1) is 12.8 Å². The van der Waals surface area contributed by atoms with Gasteiger partial charge >= 0.3 is 0 Å². The van der Waals surface area contributed by atoms with E-state index in [1.807, 2.05) is 19.1 Å². The molecule has 0 spiro atoms. The van der Waals surface area contributed by atoms with Gasteiger partial charge in [-0.1, -0.05) is 53.6 Å². The van der Waals surface area contributed by atoms with Crippen LogP contribution >= 0.6 is 11.6 Å². The standard InChI is InChI=1S/C28H34ClN5O/c1-19-7-12-25(29)23(15-19)28(35)31-22-10-8-20(9-11-22)16-30-27-24-18-34(14-13-26(24)32-33-27)17-21-5-3-2-4-6-21/h2-7,12,15,20,22H,8-11,13-14,16-18H2,1H3,(H,31,35)(H2,30,32,33). The van der Waals surface area contributed by atoms with E-state index in [1.54, 1.807) is 6.07 Å². The number of nitrogens with one attached hydrogen (secondary N) is 3. The van der Waals surface area contributed by atoms with Crippen LogP contribution in [0.3, 0.4) is 0 Å². The Morgan fingerprint density at radius 3 is 2.74 bits per heavy atom. The molecule has 2 heterocycles. The van der Waals surface area contributed by atoms with E-state index in [-0.39, 0.29) is 11.9 Å². The van der Waals surface area contributed by atoms with E-state index < -0.39 is 0 Å². The first-order chi connectivity index (χ1) is 17.0. The van der Waals surface area contributed by atoms with Gasteiger partial charge in [0, 0.05) is 49.9 Å². The predicted molar refractivity (Wildman–Crippen MR) is 141 cm³/mol. The minimum Gasteiger partial charge on any atom is -0.368 e. The predicted octanol–water partition coefficient (Wildman–Crippen LogP) is 5.33. The van der Waals surface area contributed by atoms with Gasteiger partial charge in [0.25, 0.3) is 5.91 Å². The Bertz CT molecular complexity index is 1150. The number of fused-ring (bicyclic) bond motifs is 1. The van der Waals surface area contributed by atoms with Gasteiger partial charge in [0.05, 0.1) is 10.6 Å². The number of anilines is 1. The van der Waals surface area contributed by atoms with Gasteiger partial charge in [-0.05, 0) is 56.2 Å². The molecule has 1 amide bonds. The lowest BCUT2D eigenvalue weighted by molar-refractivity contribution is 0.0922. The maximum Gasteiger partial charge on any atom is 0.253 e. The fraction of sp³-hybridized carbons (Fsp3) is 0.429. The number of amides is 1. The van der Waals surface area contributed by atoms with Crippen molar-refractivity contribution < 1.29 is 4.79 Å². The van der Waals surface area contributed by atoms with E-state index in [2.05, 4.69) is 56.1 Å². The Balaban J connectivity index is 1.10. The van der Waals surface area contributed by atoms with Crippen molar-refractivity contribution in [2.24, 2.45) is 5.92 Å². The van der Waals surface area contributed by atoms with Gasteiger partial charge < -0.3 is 10.6 Å². The van der Waals surface area contributed by atoms with Crippen LogP contribution < -0.4 is 10.6 Å². The number of nitrogens with zero attached hydrogens (tertiary/aromatic N) is 2. The number of benzene rings is 2. The van der Waals surface area contributed by atoms with Crippen molar-refractivity contribution in [3.63, 3.8) is 0 Å². The number of aromatic amines is 1. The van der Waals surface area contributed by atoms with Crippen molar-refractivity contribution >= 4 is 23.3 Å². The molecule has 0 saturated heterocycles. The lowest BCUT2D eigenvalue weighted by Crippen LogP contribution is -2.38. The number of hydrogen-bond acceptors (Lipinski definition) is 4. The van der Waals surface area contributed by atoms with Crippen molar-refractivity contribution in [3.05, 3.63) is 81.5 Å². The van der Waals surface area contributed by atoms with Gasteiger partial charge in [-0.3, -0.25) is 14.8 Å². The van der Waals surface area contributed by atoms with Gasteiger partial charge in [-0.2, -0.15) is 5.10 Å². The number of hydrogen-bond donors (Lipinski definition) is 3. The first kappa shape index (κ1) is 23.9. The molecule has 1 aliphatic heterocycles. The van der Waals surface area contributed by atoms with Gasteiger partial charge in [0.15, 0.2) is 5.82 Å². The zero-order valence-corrected chi connectivity index (χ0v) is 21.1. The van der Waals surface area contributed by atoms with Gasteiger partial charge in [-0.25, -0.2) is 0 Å². The fourth-order valence-corrected chi connectivity index (χ4v) is 5.51. The summed E-state index contributed by atoms with van der Waals surface area (Å²) in [6, 6.07) is 16.4. The van der Waals surface area contributed by atoms with Crippen LogP contribution in [-0.2, 0) is 19.5 Å². The molecule has 1 saturated carbocycles. The molecule has 0 atom stereocenters. The van der Waals surface area contributed by atoms with Gasteiger partial charge in [0.2, 0.25) is 0 Å². The minimum atomic E-state index is -0.0662. The number of rotatable bonds is 7. The molecule has 5 rings (SSSR count). The highest BCUT2D eigenvalue weighted by atomic mass is 35.5. The Hall–Kier alpha value is -2.83. The van der Waals surface area contributed by atoms with Crippen molar-refractivity contribution in [1.82, 2.24) is 20.4 Å². The van der Waals surface area contributed by atoms with Crippen molar-refractivity contribution in [1.29, 1.82) is 0 Å². The molecule has 1 fully saturated rings. The van der Waals surface area contributed by atoms with Crippen molar-refractivity contribution in [3.8, 4) is 0 Å². The second-order valence-electron chi connectivity index (χ2n) is 10.0. The zero-order valence-electron chi connectivity index (χ0n) is 20.3. The number of carbonyl (C=O) groups excluding carboxylic acids is 1. The molecule has 0 bridgehead atoms. The van der Waals surface area contributed by atoms with E-state index in [1.165, 1.54) is 16.8 Å². The summed E-state index contributed by atoms with van der Waals surface area (Å²) in [5.74, 6) is 1.52. The highest BCUT2D eigenvalue weighted by Crippen LogP contribution is 2.28. The average Bonchev–Trinajstić information content (AvgIpc) is 3.28. The Labute approximate surface area is 212 Å². The third-order valence-electron chi connectivity index (χ3n) is 7.37. The van der Waals surface area contributed by atoms with Crippen LogP contribution in [0.25, 0.3) is 0 Å². The molecular weight excluding hydrogens is 458 g/mol. The zero-order chi connectivity index (χ0) is 24.2. The largest absolute Gasteiger partial charge is 0.368 e. The molecule has 1 aliphatic carbocycles. The third-order valence-corrected chi connectivity index (χ3v) is 7.70. The molecule has 2 aliphatic rings. The van der Waals surface area contributed by atoms with E-state index in [0.717, 1.165) is 69.7 Å². The van der Waals surface area contributed by atoms with Crippen LogP contribution in [0.2, 0.25) is 5.02 Å². The van der Waals surface area contributed by atoms with Crippen LogP contribution in [-0.4, -0.2) is 40.1 Å². The Morgan fingerprint density at radius 2 is 1.94 bits per heavy atom. The molecule has 35 heavy (non-hydrogen) atoms. The SMILES string of the molecule is Cc1ccc(Cl)c(C(=O)NC2CCC(CNc3n[nH]c4c3CN(Cc3ccccc3)CC4)CC2)c1. The summed E-state index contributed by atoms with van der Waals surface area (Å²) in [6.45, 7) is 5.83. The van der Waals surface area contributed by atoms with Crippen LogP contribution in [0.5, 0.6) is 0 Å². The minimum absolute atomic E-state index is 0.0662. The molecule has 184 valence electrons. The summed E-state index contributed by atoms with van der Waals surface area (Å²) >= 11 is 6.24. The van der Waals surface area contributed by atoms with E-state index in [9.17, 15) is 4.79 Å². The topological polar surface area (TPSA) is 73.0 Å². The third kappa shape index (κ3) is 5.88. The van der Waals surface area contributed by atoms with Crippen LogP contribution in [0.15, 0.2) is 48.5 Å². The quantitative estimate of drug-likeness (QED) is 0.417. The number of halogens is 1. The lowest BCUT2D eigenvalue weighted by atomic mass is 9.86. The summed E-state index contributed by atoms with van der Waals surface area (Å²) in [6.07, 6.45) is 5.17. The number of aromatic nitrogens is 2. The molecule has 7 heteroatoms.